The third-order valence-corrected chi connectivity index (χ3v) is 3.54. The molecule has 96 valence electrons. The quantitative estimate of drug-likeness (QED) is 0.570. The summed E-state index contributed by atoms with van der Waals surface area (Å²) in [6.07, 6.45) is 7.27. The van der Waals surface area contributed by atoms with Crippen LogP contribution in [0.3, 0.4) is 0 Å². The van der Waals surface area contributed by atoms with Gasteiger partial charge in [0, 0.05) is 34.9 Å². The lowest BCUT2D eigenvalue weighted by molar-refractivity contribution is 1.28. The van der Waals surface area contributed by atoms with Crippen molar-refractivity contribution in [3.8, 4) is 11.3 Å². The number of aromatic amines is 1. The van der Waals surface area contributed by atoms with Crippen molar-refractivity contribution in [3.63, 3.8) is 0 Å². The van der Waals surface area contributed by atoms with Gasteiger partial charge in [0.1, 0.15) is 5.65 Å². The van der Waals surface area contributed by atoms with Crippen LogP contribution in [0.25, 0.3) is 33.2 Å². The van der Waals surface area contributed by atoms with Gasteiger partial charge in [-0.2, -0.15) is 0 Å². The first kappa shape index (κ1) is 11.1. The van der Waals surface area contributed by atoms with Crippen molar-refractivity contribution >= 4 is 21.9 Å². The van der Waals surface area contributed by atoms with Crippen molar-refractivity contribution < 1.29 is 0 Å². The number of hydrogen-bond acceptors (Lipinski definition) is 3. The standard InChI is InChI=1S/C16H12N4/c1-10-4-6-18-16-15(10)12-7-13(19-9-14(12)20-16)11-3-2-5-17-8-11/h2-9H,1H3,(H,18,20). The molecule has 0 aliphatic heterocycles. The van der Waals surface area contributed by atoms with E-state index in [0.717, 1.165) is 33.2 Å². The summed E-state index contributed by atoms with van der Waals surface area (Å²) in [6.45, 7) is 2.10. The van der Waals surface area contributed by atoms with Crippen LogP contribution in [0.4, 0.5) is 0 Å². The van der Waals surface area contributed by atoms with E-state index in [4.69, 9.17) is 0 Å². The molecule has 4 heteroatoms. The Morgan fingerprint density at radius 3 is 2.85 bits per heavy atom. The van der Waals surface area contributed by atoms with Crippen LogP contribution in [0, 0.1) is 6.92 Å². The second-order valence-electron chi connectivity index (χ2n) is 4.83. The molecule has 0 aromatic carbocycles. The second-order valence-corrected chi connectivity index (χ2v) is 4.83. The summed E-state index contributed by atoms with van der Waals surface area (Å²) in [5, 5.41) is 2.31. The fraction of sp³-hybridized carbons (Fsp3) is 0.0625. The third-order valence-electron chi connectivity index (χ3n) is 3.54. The predicted molar refractivity (Wildman–Crippen MR) is 79.4 cm³/mol. The normalized spacial score (nSPS) is 11.2. The second kappa shape index (κ2) is 4.13. The third kappa shape index (κ3) is 1.58. The van der Waals surface area contributed by atoms with Gasteiger partial charge in [0.25, 0.3) is 0 Å². The predicted octanol–water partition coefficient (Wildman–Crippen LogP) is 3.48. The number of pyridine rings is 3. The van der Waals surface area contributed by atoms with Crippen LogP contribution in [0.1, 0.15) is 5.56 Å². The molecular formula is C16H12N4. The number of aryl methyl sites for hydroxylation is 1. The summed E-state index contributed by atoms with van der Waals surface area (Å²) in [4.78, 5) is 16.3. The molecule has 0 saturated carbocycles. The van der Waals surface area contributed by atoms with E-state index in [1.54, 1.807) is 6.20 Å². The smallest absolute Gasteiger partial charge is 0.138 e. The highest BCUT2D eigenvalue weighted by Gasteiger charge is 2.09. The molecule has 0 aliphatic rings. The molecule has 20 heavy (non-hydrogen) atoms. The van der Waals surface area contributed by atoms with Gasteiger partial charge in [-0.15, -0.1) is 0 Å². The summed E-state index contributed by atoms with van der Waals surface area (Å²) in [5.74, 6) is 0. The molecule has 0 aliphatic carbocycles. The molecule has 0 saturated heterocycles. The van der Waals surface area contributed by atoms with Gasteiger partial charge in [0.2, 0.25) is 0 Å². The molecule has 0 unspecified atom stereocenters. The molecule has 0 radical (unpaired) electrons. The van der Waals surface area contributed by atoms with Gasteiger partial charge in [-0.3, -0.25) is 9.97 Å². The monoisotopic (exact) mass is 260 g/mol. The number of fused-ring (bicyclic) bond motifs is 3. The van der Waals surface area contributed by atoms with Gasteiger partial charge >= 0.3 is 0 Å². The first-order valence-corrected chi connectivity index (χ1v) is 6.46. The number of nitrogens with zero attached hydrogens (tertiary/aromatic N) is 3. The first-order valence-electron chi connectivity index (χ1n) is 6.46. The minimum atomic E-state index is 0.908. The van der Waals surface area contributed by atoms with Crippen LogP contribution in [0.2, 0.25) is 0 Å². The molecule has 4 rings (SSSR count). The van der Waals surface area contributed by atoms with Crippen LogP contribution < -0.4 is 0 Å². The lowest BCUT2D eigenvalue weighted by Gasteiger charge is -2.00. The molecule has 1 N–H and O–H groups in total. The van der Waals surface area contributed by atoms with Crippen molar-refractivity contribution in [2.75, 3.05) is 0 Å². The summed E-state index contributed by atoms with van der Waals surface area (Å²) in [7, 11) is 0. The Balaban J connectivity index is 2.06. The van der Waals surface area contributed by atoms with E-state index in [9.17, 15) is 0 Å². The summed E-state index contributed by atoms with van der Waals surface area (Å²) < 4.78 is 0. The van der Waals surface area contributed by atoms with E-state index in [-0.39, 0.29) is 0 Å². The van der Waals surface area contributed by atoms with Crippen LogP contribution >= 0.6 is 0 Å². The maximum absolute atomic E-state index is 4.50. The largest absolute Gasteiger partial charge is 0.338 e. The highest BCUT2D eigenvalue weighted by atomic mass is 14.9. The molecule has 4 nitrogen and oxygen atoms in total. The zero-order chi connectivity index (χ0) is 13.5. The topological polar surface area (TPSA) is 54.5 Å². The van der Waals surface area contributed by atoms with E-state index in [0.29, 0.717) is 0 Å². The van der Waals surface area contributed by atoms with Gasteiger partial charge < -0.3 is 4.98 Å². The minimum absolute atomic E-state index is 0.908. The highest BCUT2D eigenvalue weighted by Crippen LogP contribution is 2.29. The molecular weight excluding hydrogens is 248 g/mol. The fourth-order valence-corrected chi connectivity index (χ4v) is 2.55. The Kier molecular flexibility index (Phi) is 2.29. The Labute approximate surface area is 115 Å². The molecule has 4 aromatic heterocycles. The van der Waals surface area contributed by atoms with Crippen molar-refractivity contribution in [2.24, 2.45) is 0 Å². The maximum atomic E-state index is 4.50. The summed E-state index contributed by atoms with van der Waals surface area (Å²) >= 11 is 0. The SMILES string of the molecule is Cc1ccnc2[nH]c3cnc(-c4cccnc4)cc3c12. The van der Waals surface area contributed by atoms with Gasteiger partial charge in [-0.05, 0) is 36.8 Å². The van der Waals surface area contributed by atoms with Crippen LogP contribution in [-0.2, 0) is 0 Å². The van der Waals surface area contributed by atoms with Gasteiger partial charge in [-0.1, -0.05) is 0 Å². The molecule has 0 atom stereocenters. The Morgan fingerprint density at radius 1 is 1.05 bits per heavy atom. The number of hydrogen-bond donors (Lipinski definition) is 1. The molecule has 0 bridgehead atoms. The number of nitrogens with one attached hydrogen (secondary N) is 1. The molecule has 4 aromatic rings. The first-order chi connectivity index (χ1) is 9.83. The lowest BCUT2D eigenvalue weighted by Crippen LogP contribution is -1.84. The molecule has 0 fully saturated rings. The van der Waals surface area contributed by atoms with Gasteiger partial charge in [0.15, 0.2) is 0 Å². The van der Waals surface area contributed by atoms with Crippen LogP contribution in [-0.4, -0.2) is 19.9 Å². The van der Waals surface area contributed by atoms with Crippen LogP contribution in [0.15, 0.2) is 49.1 Å². The summed E-state index contributed by atoms with van der Waals surface area (Å²) in [5.41, 5.74) is 5.07. The zero-order valence-electron chi connectivity index (χ0n) is 11.0. The highest BCUT2D eigenvalue weighted by molar-refractivity contribution is 6.08. The summed E-state index contributed by atoms with van der Waals surface area (Å²) in [6, 6.07) is 8.06. The van der Waals surface area contributed by atoms with Gasteiger partial charge in [0.05, 0.1) is 17.4 Å². The average molecular weight is 260 g/mol. The zero-order valence-corrected chi connectivity index (χ0v) is 11.0. The van der Waals surface area contributed by atoms with E-state index < -0.39 is 0 Å². The number of rotatable bonds is 1. The van der Waals surface area contributed by atoms with Crippen molar-refractivity contribution in [2.45, 2.75) is 6.92 Å². The van der Waals surface area contributed by atoms with Crippen molar-refractivity contribution in [1.29, 1.82) is 0 Å². The average Bonchev–Trinajstić information content (AvgIpc) is 2.87. The number of H-pyrrole nitrogens is 1. The number of aromatic nitrogens is 4. The van der Waals surface area contributed by atoms with E-state index >= 15 is 0 Å². The van der Waals surface area contributed by atoms with Crippen LogP contribution in [0.5, 0.6) is 0 Å². The molecule has 0 amide bonds. The fourth-order valence-electron chi connectivity index (χ4n) is 2.55. The van der Waals surface area contributed by atoms with E-state index in [1.165, 1.54) is 5.56 Å². The maximum Gasteiger partial charge on any atom is 0.138 e. The Bertz CT molecular complexity index is 910. The van der Waals surface area contributed by atoms with Gasteiger partial charge in [-0.25, -0.2) is 4.98 Å². The van der Waals surface area contributed by atoms with Crippen molar-refractivity contribution in [1.82, 2.24) is 19.9 Å². The molecule has 4 heterocycles. The lowest BCUT2D eigenvalue weighted by atomic mass is 10.1. The van der Waals surface area contributed by atoms with E-state index in [1.807, 2.05) is 36.8 Å². The Morgan fingerprint density at radius 2 is 2.00 bits per heavy atom. The Hall–Kier alpha value is -2.75. The molecule has 0 spiro atoms. The minimum Gasteiger partial charge on any atom is -0.338 e. The van der Waals surface area contributed by atoms with E-state index in [2.05, 4.69) is 32.9 Å². The van der Waals surface area contributed by atoms with Crippen molar-refractivity contribution in [3.05, 3.63) is 54.6 Å².